The highest BCUT2D eigenvalue weighted by Gasteiger charge is 2.25. The lowest BCUT2D eigenvalue weighted by Gasteiger charge is -2.08. The molecular formula is C8H10F4N4. The van der Waals surface area contributed by atoms with E-state index in [9.17, 15) is 17.6 Å². The fourth-order valence-electron chi connectivity index (χ4n) is 1.00. The highest BCUT2D eigenvalue weighted by Crippen LogP contribution is 2.21. The van der Waals surface area contributed by atoms with Crippen molar-refractivity contribution in [1.82, 2.24) is 9.97 Å². The van der Waals surface area contributed by atoms with Crippen molar-refractivity contribution in [2.75, 3.05) is 17.6 Å². The number of aromatic nitrogens is 2. The molecular weight excluding hydrogens is 228 g/mol. The van der Waals surface area contributed by atoms with Gasteiger partial charge in [-0.15, -0.1) is 0 Å². The largest absolute Gasteiger partial charge is 0.389 e. The summed E-state index contributed by atoms with van der Waals surface area (Å²) in [5.74, 6) is -1.07. The van der Waals surface area contributed by atoms with E-state index in [0.29, 0.717) is 0 Å². The third-order valence-corrected chi connectivity index (χ3v) is 1.69. The van der Waals surface area contributed by atoms with Gasteiger partial charge in [-0.2, -0.15) is 18.2 Å². The van der Waals surface area contributed by atoms with Crippen LogP contribution < -0.4 is 11.1 Å². The van der Waals surface area contributed by atoms with E-state index in [1.54, 1.807) is 0 Å². The van der Waals surface area contributed by atoms with Gasteiger partial charge in [-0.1, -0.05) is 0 Å². The Morgan fingerprint density at radius 2 is 2.06 bits per heavy atom. The Labute approximate surface area is 88.9 Å². The minimum atomic E-state index is -4.20. The molecule has 0 aromatic carbocycles. The van der Waals surface area contributed by atoms with Crippen LogP contribution in [0.15, 0.2) is 6.20 Å². The highest BCUT2D eigenvalue weighted by atomic mass is 19.4. The number of nitrogen functional groups attached to an aromatic ring is 1. The molecule has 4 nitrogen and oxygen atoms in total. The van der Waals surface area contributed by atoms with E-state index in [1.807, 2.05) is 0 Å². The molecule has 0 aliphatic heterocycles. The number of hydrogen-bond donors (Lipinski definition) is 2. The molecule has 0 unspecified atom stereocenters. The molecule has 0 saturated heterocycles. The van der Waals surface area contributed by atoms with E-state index in [4.69, 9.17) is 5.73 Å². The van der Waals surface area contributed by atoms with Crippen LogP contribution in [0, 0.1) is 5.82 Å². The number of alkyl halides is 3. The van der Waals surface area contributed by atoms with Gasteiger partial charge in [-0.3, -0.25) is 0 Å². The standard InChI is InChI=1S/C8H10F4N4/c9-5-4-15-7(13)16-6(5)14-3-1-2-8(10,11)12/h4H,1-3H2,(H3,13,14,15,16). The van der Waals surface area contributed by atoms with Gasteiger partial charge in [0, 0.05) is 13.0 Å². The normalized spacial score (nSPS) is 11.5. The maximum absolute atomic E-state index is 13.0. The van der Waals surface area contributed by atoms with Crippen LogP contribution in [0.4, 0.5) is 29.3 Å². The predicted molar refractivity (Wildman–Crippen MR) is 50.2 cm³/mol. The Hall–Kier alpha value is -1.60. The van der Waals surface area contributed by atoms with Crippen LogP contribution >= 0.6 is 0 Å². The lowest BCUT2D eigenvalue weighted by atomic mass is 10.3. The van der Waals surface area contributed by atoms with E-state index in [-0.39, 0.29) is 24.7 Å². The van der Waals surface area contributed by atoms with Crippen molar-refractivity contribution in [1.29, 1.82) is 0 Å². The summed E-state index contributed by atoms with van der Waals surface area (Å²) >= 11 is 0. The summed E-state index contributed by atoms with van der Waals surface area (Å²) in [7, 11) is 0. The second-order valence-corrected chi connectivity index (χ2v) is 3.07. The van der Waals surface area contributed by atoms with Crippen molar-refractivity contribution in [3.63, 3.8) is 0 Å². The second-order valence-electron chi connectivity index (χ2n) is 3.07. The van der Waals surface area contributed by atoms with Gasteiger partial charge in [-0.05, 0) is 6.42 Å². The van der Waals surface area contributed by atoms with E-state index in [1.165, 1.54) is 0 Å². The van der Waals surface area contributed by atoms with Crippen LogP contribution in [0.2, 0.25) is 0 Å². The van der Waals surface area contributed by atoms with Gasteiger partial charge >= 0.3 is 6.18 Å². The maximum Gasteiger partial charge on any atom is 0.389 e. The molecule has 3 N–H and O–H groups in total. The van der Waals surface area contributed by atoms with E-state index in [2.05, 4.69) is 15.3 Å². The van der Waals surface area contributed by atoms with Crippen LogP contribution in [0.3, 0.4) is 0 Å². The van der Waals surface area contributed by atoms with Gasteiger partial charge in [0.25, 0.3) is 0 Å². The van der Waals surface area contributed by atoms with Crippen molar-refractivity contribution >= 4 is 11.8 Å². The molecule has 1 aromatic heterocycles. The van der Waals surface area contributed by atoms with Crippen molar-refractivity contribution in [3.8, 4) is 0 Å². The lowest BCUT2D eigenvalue weighted by Crippen LogP contribution is -2.12. The third kappa shape index (κ3) is 4.28. The Bertz CT molecular complexity index is 352. The Kier molecular flexibility index (Phi) is 3.86. The van der Waals surface area contributed by atoms with Crippen LogP contribution in [-0.2, 0) is 0 Å². The van der Waals surface area contributed by atoms with Crippen molar-refractivity contribution in [2.24, 2.45) is 0 Å². The molecule has 0 aliphatic rings. The molecule has 0 atom stereocenters. The lowest BCUT2D eigenvalue weighted by molar-refractivity contribution is -0.134. The number of nitrogens with one attached hydrogen (secondary N) is 1. The number of hydrogen-bond acceptors (Lipinski definition) is 4. The third-order valence-electron chi connectivity index (χ3n) is 1.69. The molecule has 0 amide bonds. The van der Waals surface area contributed by atoms with Gasteiger partial charge in [0.1, 0.15) is 0 Å². The second kappa shape index (κ2) is 4.95. The van der Waals surface area contributed by atoms with Gasteiger partial charge in [-0.25, -0.2) is 9.37 Å². The predicted octanol–water partition coefficient (Wildman–Crippen LogP) is 1.95. The monoisotopic (exact) mass is 238 g/mol. The van der Waals surface area contributed by atoms with Gasteiger partial charge in [0.05, 0.1) is 6.20 Å². The van der Waals surface area contributed by atoms with E-state index in [0.717, 1.165) is 6.20 Å². The average Bonchev–Trinajstić information content (AvgIpc) is 2.16. The first-order valence-electron chi connectivity index (χ1n) is 4.47. The first kappa shape index (κ1) is 12.5. The van der Waals surface area contributed by atoms with Crippen LogP contribution in [0.25, 0.3) is 0 Å². The summed E-state index contributed by atoms with van der Waals surface area (Å²) in [6.07, 6.45) is -4.44. The number of halogens is 4. The summed E-state index contributed by atoms with van der Waals surface area (Å²) in [5.41, 5.74) is 5.19. The van der Waals surface area contributed by atoms with Crippen molar-refractivity contribution < 1.29 is 17.6 Å². The molecule has 0 bridgehead atoms. The molecule has 1 rings (SSSR count). The summed E-state index contributed by atoms with van der Waals surface area (Å²) < 4.78 is 48.3. The molecule has 0 radical (unpaired) electrons. The van der Waals surface area contributed by atoms with Crippen molar-refractivity contribution in [2.45, 2.75) is 19.0 Å². The molecule has 1 aromatic rings. The Morgan fingerprint density at radius 3 is 2.69 bits per heavy atom. The summed E-state index contributed by atoms with van der Waals surface area (Å²) in [6.45, 7) is -0.0348. The minimum Gasteiger partial charge on any atom is -0.368 e. The zero-order valence-electron chi connectivity index (χ0n) is 8.18. The molecule has 0 spiro atoms. The SMILES string of the molecule is Nc1ncc(F)c(NCCCC(F)(F)F)n1. The van der Waals surface area contributed by atoms with E-state index < -0.39 is 18.4 Å². The van der Waals surface area contributed by atoms with E-state index >= 15 is 0 Å². The summed E-state index contributed by atoms with van der Waals surface area (Å²) in [6, 6.07) is 0. The smallest absolute Gasteiger partial charge is 0.368 e. The zero-order chi connectivity index (χ0) is 12.2. The zero-order valence-corrected chi connectivity index (χ0v) is 8.18. The van der Waals surface area contributed by atoms with Gasteiger partial charge in [0.15, 0.2) is 11.6 Å². The number of nitrogens with zero attached hydrogens (tertiary/aromatic N) is 2. The number of nitrogens with two attached hydrogens (primary N) is 1. The first-order valence-corrected chi connectivity index (χ1v) is 4.47. The molecule has 90 valence electrons. The van der Waals surface area contributed by atoms with Crippen molar-refractivity contribution in [3.05, 3.63) is 12.0 Å². The Balaban J connectivity index is 2.40. The summed E-state index contributed by atoms with van der Waals surface area (Å²) in [4.78, 5) is 6.88. The molecule has 0 aliphatic carbocycles. The first-order chi connectivity index (χ1) is 7.38. The van der Waals surface area contributed by atoms with Gasteiger partial charge < -0.3 is 11.1 Å². The van der Waals surface area contributed by atoms with Gasteiger partial charge in [0.2, 0.25) is 5.95 Å². The van der Waals surface area contributed by atoms with Crippen LogP contribution in [0.5, 0.6) is 0 Å². The fourth-order valence-corrected chi connectivity index (χ4v) is 1.00. The quantitative estimate of drug-likeness (QED) is 0.621. The molecule has 0 fully saturated rings. The number of rotatable bonds is 4. The topological polar surface area (TPSA) is 63.8 Å². The van der Waals surface area contributed by atoms with Crippen LogP contribution in [0.1, 0.15) is 12.8 Å². The molecule has 16 heavy (non-hydrogen) atoms. The molecule has 0 saturated carbocycles. The summed E-state index contributed by atoms with van der Waals surface area (Å²) in [5, 5.41) is 2.42. The Morgan fingerprint density at radius 1 is 1.38 bits per heavy atom. The van der Waals surface area contributed by atoms with Crippen LogP contribution in [-0.4, -0.2) is 22.7 Å². The number of anilines is 2. The maximum atomic E-state index is 13.0. The molecule has 8 heteroatoms. The average molecular weight is 238 g/mol. The fraction of sp³-hybridized carbons (Fsp3) is 0.500. The minimum absolute atomic E-state index is 0.0348. The molecule has 1 heterocycles. The highest BCUT2D eigenvalue weighted by molar-refractivity contribution is 5.38.